The molecule has 2 rings (SSSR count). The van der Waals surface area contributed by atoms with Gasteiger partial charge in [0.2, 0.25) is 0 Å². The van der Waals surface area contributed by atoms with Gasteiger partial charge in [0.15, 0.2) is 15.6 Å². The number of amides is 1. The lowest BCUT2D eigenvalue weighted by molar-refractivity contribution is 0.0649. The smallest absolute Gasteiger partial charge is 0.289 e. The van der Waals surface area contributed by atoms with Crippen LogP contribution in [0.25, 0.3) is 0 Å². The van der Waals surface area contributed by atoms with E-state index in [4.69, 9.17) is 4.42 Å². The minimum Gasteiger partial charge on any atom is -0.456 e. The quantitative estimate of drug-likeness (QED) is 0.780. The van der Waals surface area contributed by atoms with E-state index in [1.54, 1.807) is 11.0 Å². The molecule has 0 N–H and O–H groups in total. The molecule has 1 atom stereocenters. The summed E-state index contributed by atoms with van der Waals surface area (Å²) in [5.74, 6) is 1.10. The van der Waals surface area contributed by atoms with Gasteiger partial charge in [0.05, 0.1) is 11.5 Å². The molecule has 23 heavy (non-hydrogen) atoms. The van der Waals surface area contributed by atoms with Crippen LogP contribution in [0.1, 0.15) is 35.2 Å². The van der Waals surface area contributed by atoms with E-state index in [-0.39, 0.29) is 23.5 Å². The molecule has 2 heterocycles. The summed E-state index contributed by atoms with van der Waals surface area (Å²) >= 11 is 0. The van der Waals surface area contributed by atoms with Crippen molar-refractivity contribution in [3.63, 3.8) is 0 Å². The highest BCUT2D eigenvalue weighted by Gasteiger charge is 2.35. The van der Waals surface area contributed by atoms with Crippen molar-refractivity contribution in [3.05, 3.63) is 23.2 Å². The monoisotopic (exact) mass is 342 g/mol. The summed E-state index contributed by atoms with van der Waals surface area (Å²) in [6.45, 7) is 5.08. The maximum Gasteiger partial charge on any atom is 0.289 e. The first-order valence-electron chi connectivity index (χ1n) is 7.99. The summed E-state index contributed by atoms with van der Waals surface area (Å²) in [4.78, 5) is 16.5. The summed E-state index contributed by atoms with van der Waals surface area (Å²) in [5.41, 5.74) is 0.961. The van der Waals surface area contributed by atoms with Crippen LogP contribution in [0, 0.1) is 6.92 Å². The average molecular weight is 342 g/mol. The Kier molecular flexibility index (Phi) is 5.52. The second-order valence-corrected chi connectivity index (χ2v) is 8.66. The molecule has 1 amide bonds. The predicted molar refractivity (Wildman–Crippen MR) is 89.5 cm³/mol. The number of carbonyl (C=O) groups excluding carboxylic acids is 1. The second kappa shape index (κ2) is 7.05. The minimum atomic E-state index is -3.04. The minimum absolute atomic E-state index is 0.0481. The Bertz CT molecular complexity index is 664. The maximum atomic E-state index is 12.9. The van der Waals surface area contributed by atoms with E-state index >= 15 is 0 Å². The van der Waals surface area contributed by atoms with Gasteiger partial charge in [-0.1, -0.05) is 6.92 Å². The van der Waals surface area contributed by atoms with Crippen LogP contribution in [0.5, 0.6) is 0 Å². The zero-order chi connectivity index (χ0) is 17.2. The largest absolute Gasteiger partial charge is 0.456 e. The molecule has 0 aliphatic carbocycles. The zero-order valence-electron chi connectivity index (χ0n) is 14.3. The lowest BCUT2D eigenvalue weighted by Crippen LogP contribution is -2.44. The third kappa shape index (κ3) is 4.35. The van der Waals surface area contributed by atoms with Crippen molar-refractivity contribution < 1.29 is 17.6 Å². The number of carbonyl (C=O) groups is 1. The molecule has 1 aromatic rings. The van der Waals surface area contributed by atoms with Gasteiger partial charge in [0, 0.05) is 25.6 Å². The van der Waals surface area contributed by atoms with Crippen LogP contribution in [0.3, 0.4) is 0 Å². The van der Waals surface area contributed by atoms with Gasteiger partial charge in [-0.2, -0.15) is 0 Å². The van der Waals surface area contributed by atoms with Crippen LogP contribution >= 0.6 is 0 Å². The van der Waals surface area contributed by atoms with Crippen molar-refractivity contribution in [2.24, 2.45) is 0 Å². The zero-order valence-corrected chi connectivity index (χ0v) is 15.1. The topological polar surface area (TPSA) is 70.8 Å². The lowest BCUT2D eigenvalue weighted by atomic mass is 10.2. The number of rotatable bonds is 6. The van der Waals surface area contributed by atoms with E-state index in [1.165, 1.54) is 0 Å². The Morgan fingerprint density at radius 3 is 2.52 bits per heavy atom. The first kappa shape index (κ1) is 18.0. The van der Waals surface area contributed by atoms with Gasteiger partial charge in [-0.25, -0.2) is 8.42 Å². The summed E-state index contributed by atoms with van der Waals surface area (Å²) in [5, 5.41) is 0. The van der Waals surface area contributed by atoms with Crippen LogP contribution in [-0.4, -0.2) is 68.9 Å². The van der Waals surface area contributed by atoms with E-state index < -0.39 is 9.84 Å². The number of likely N-dealkylation sites (N-methyl/N-ethyl adjacent to an activating group) is 1. The van der Waals surface area contributed by atoms with E-state index in [0.717, 1.165) is 17.7 Å². The fraction of sp³-hybridized carbons (Fsp3) is 0.688. The maximum absolute atomic E-state index is 12.9. The molecule has 0 radical (unpaired) electrons. The van der Waals surface area contributed by atoms with Crippen LogP contribution in [0.4, 0.5) is 0 Å². The molecule has 1 aliphatic heterocycles. The highest BCUT2D eigenvalue weighted by molar-refractivity contribution is 7.91. The molecule has 1 aromatic heterocycles. The van der Waals surface area contributed by atoms with Gasteiger partial charge in [-0.15, -0.1) is 0 Å². The van der Waals surface area contributed by atoms with Gasteiger partial charge >= 0.3 is 0 Å². The predicted octanol–water partition coefficient (Wildman–Crippen LogP) is 1.34. The van der Waals surface area contributed by atoms with Gasteiger partial charge in [-0.05, 0) is 39.1 Å². The van der Waals surface area contributed by atoms with E-state index in [0.29, 0.717) is 25.3 Å². The SMILES string of the molecule is CCc1oc(C(=O)N(CCN(C)C)[C@H]2CCS(=O)(=O)C2)cc1C. The second-order valence-electron chi connectivity index (χ2n) is 6.43. The van der Waals surface area contributed by atoms with Crippen molar-refractivity contribution in [2.45, 2.75) is 32.7 Å². The molecule has 130 valence electrons. The molecule has 6 nitrogen and oxygen atoms in total. The van der Waals surface area contributed by atoms with Gasteiger partial charge in [0.25, 0.3) is 5.91 Å². The highest BCUT2D eigenvalue weighted by Crippen LogP contribution is 2.22. The third-order valence-electron chi connectivity index (χ3n) is 4.25. The van der Waals surface area contributed by atoms with Crippen LogP contribution in [0.2, 0.25) is 0 Å². The molecule has 0 unspecified atom stereocenters. The number of nitrogens with zero attached hydrogens (tertiary/aromatic N) is 2. The van der Waals surface area contributed by atoms with E-state index in [9.17, 15) is 13.2 Å². The molecule has 0 aromatic carbocycles. The molecule has 1 saturated heterocycles. The molecule has 1 aliphatic rings. The van der Waals surface area contributed by atoms with Crippen molar-refractivity contribution in [1.29, 1.82) is 0 Å². The molecular weight excluding hydrogens is 316 g/mol. The van der Waals surface area contributed by atoms with Crippen molar-refractivity contribution in [1.82, 2.24) is 9.80 Å². The fourth-order valence-corrected chi connectivity index (χ4v) is 4.63. The first-order valence-corrected chi connectivity index (χ1v) is 9.81. The van der Waals surface area contributed by atoms with E-state index in [1.807, 2.05) is 32.8 Å². The first-order chi connectivity index (χ1) is 10.7. The number of hydrogen-bond acceptors (Lipinski definition) is 5. The molecular formula is C16H26N2O4S. The number of furan rings is 1. The standard InChI is InChI=1S/C16H26N2O4S/c1-5-14-12(2)10-15(22-14)16(19)18(8-7-17(3)4)13-6-9-23(20,21)11-13/h10,13H,5-9,11H2,1-4H3/t13-/m0/s1. The summed E-state index contributed by atoms with van der Waals surface area (Å²) in [6, 6.07) is 1.50. The molecule has 0 spiro atoms. The molecule has 7 heteroatoms. The van der Waals surface area contributed by atoms with Gasteiger partial charge in [0.1, 0.15) is 5.76 Å². The Labute approximate surface area is 138 Å². The summed E-state index contributed by atoms with van der Waals surface area (Å²) in [6.07, 6.45) is 1.23. The Morgan fingerprint density at radius 1 is 1.35 bits per heavy atom. The van der Waals surface area contributed by atoms with Crippen LogP contribution in [-0.2, 0) is 16.3 Å². The van der Waals surface area contributed by atoms with E-state index in [2.05, 4.69) is 0 Å². The average Bonchev–Trinajstić information content (AvgIpc) is 3.01. The highest BCUT2D eigenvalue weighted by atomic mass is 32.2. The number of sulfone groups is 1. The van der Waals surface area contributed by atoms with Crippen LogP contribution < -0.4 is 0 Å². The van der Waals surface area contributed by atoms with Gasteiger partial charge < -0.3 is 14.2 Å². The number of hydrogen-bond donors (Lipinski definition) is 0. The van der Waals surface area contributed by atoms with Crippen molar-refractivity contribution >= 4 is 15.7 Å². The van der Waals surface area contributed by atoms with Crippen molar-refractivity contribution in [3.8, 4) is 0 Å². The summed E-state index contributed by atoms with van der Waals surface area (Å²) < 4.78 is 29.2. The molecule has 1 fully saturated rings. The van der Waals surface area contributed by atoms with Crippen molar-refractivity contribution in [2.75, 3.05) is 38.7 Å². The Hall–Kier alpha value is -1.34. The normalized spacial score (nSPS) is 20.1. The molecule has 0 saturated carbocycles. The summed E-state index contributed by atoms with van der Waals surface area (Å²) in [7, 11) is 0.821. The number of aryl methyl sites for hydroxylation is 2. The van der Waals surface area contributed by atoms with Gasteiger partial charge in [-0.3, -0.25) is 4.79 Å². The molecule has 0 bridgehead atoms. The third-order valence-corrected chi connectivity index (χ3v) is 6.00. The Morgan fingerprint density at radius 2 is 2.04 bits per heavy atom. The fourth-order valence-electron chi connectivity index (χ4n) is 2.90. The Balaban J connectivity index is 2.23. The van der Waals surface area contributed by atoms with Crippen LogP contribution in [0.15, 0.2) is 10.5 Å². The lowest BCUT2D eigenvalue weighted by Gasteiger charge is -2.28.